The summed E-state index contributed by atoms with van der Waals surface area (Å²) in [7, 11) is 1.62. The number of pyridine rings is 1. The minimum Gasteiger partial charge on any atom is -0.487 e. The molecule has 0 aliphatic heterocycles. The Kier molecular flexibility index (Phi) is 5.51. The molecule has 0 spiro atoms. The van der Waals surface area contributed by atoms with Crippen LogP contribution < -0.4 is 4.74 Å². The molecule has 0 aliphatic rings. The highest BCUT2D eigenvalue weighted by atomic mass is 19.1. The van der Waals surface area contributed by atoms with Crippen molar-refractivity contribution >= 4 is 16.7 Å². The van der Waals surface area contributed by atoms with E-state index in [1.165, 1.54) is 41.2 Å². The summed E-state index contributed by atoms with van der Waals surface area (Å²) in [6.45, 7) is 0.129. The van der Waals surface area contributed by atoms with Gasteiger partial charge in [-0.1, -0.05) is 18.2 Å². The number of tetrazole rings is 1. The number of ether oxygens (including phenoxy) is 1. The number of ketones is 1. The standard InChI is InChI=1S/C25H17F2N5O2/c1-32-30-25(29-31-32)21-9-8-20(13-22(21)24(33)16-3-2-4-17(26)12-16)34-14-19-7-5-15-11-18(27)6-10-23(15)28-19/h2-13H,14H2,1H3. The molecule has 7 nitrogen and oxygen atoms in total. The normalized spacial score (nSPS) is 11.0. The van der Waals surface area contributed by atoms with Gasteiger partial charge in [0.1, 0.15) is 24.0 Å². The second kappa shape index (κ2) is 8.78. The maximum atomic E-state index is 13.7. The molecular formula is C25H17F2N5O2. The van der Waals surface area contributed by atoms with E-state index in [-0.39, 0.29) is 29.4 Å². The first-order chi connectivity index (χ1) is 16.5. The lowest BCUT2D eigenvalue weighted by molar-refractivity contribution is 0.103. The van der Waals surface area contributed by atoms with Crippen LogP contribution in [0.4, 0.5) is 8.78 Å². The van der Waals surface area contributed by atoms with E-state index in [0.29, 0.717) is 27.9 Å². The number of hydrogen-bond acceptors (Lipinski definition) is 6. The van der Waals surface area contributed by atoms with Crippen molar-refractivity contribution in [1.29, 1.82) is 0 Å². The van der Waals surface area contributed by atoms with Gasteiger partial charge >= 0.3 is 0 Å². The summed E-state index contributed by atoms with van der Waals surface area (Å²) in [6.07, 6.45) is 0. The Bertz CT molecular complexity index is 1530. The fourth-order valence-corrected chi connectivity index (χ4v) is 3.55. The Morgan fingerprint density at radius 3 is 2.62 bits per heavy atom. The zero-order valence-corrected chi connectivity index (χ0v) is 17.9. The largest absolute Gasteiger partial charge is 0.487 e. The van der Waals surface area contributed by atoms with Crippen molar-refractivity contribution in [2.45, 2.75) is 6.61 Å². The van der Waals surface area contributed by atoms with Gasteiger partial charge in [-0.3, -0.25) is 4.79 Å². The van der Waals surface area contributed by atoms with Crippen molar-refractivity contribution in [1.82, 2.24) is 25.2 Å². The SMILES string of the molecule is Cn1nnc(-c2ccc(OCc3ccc4cc(F)ccc4n3)cc2C(=O)c2cccc(F)c2)n1. The highest BCUT2D eigenvalue weighted by Gasteiger charge is 2.19. The van der Waals surface area contributed by atoms with Crippen LogP contribution in [0.15, 0.2) is 72.8 Å². The first kappa shape index (κ1) is 21.3. The van der Waals surface area contributed by atoms with Gasteiger partial charge < -0.3 is 4.74 Å². The van der Waals surface area contributed by atoms with Gasteiger partial charge in [-0.25, -0.2) is 13.8 Å². The van der Waals surface area contributed by atoms with Crippen molar-refractivity contribution < 1.29 is 18.3 Å². The van der Waals surface area contributed by atoms with Crippen LogP contribution >= 0.6 is 0 Å². The molecule has 5 rings (SSSR count). The Balaban J connectivity index is 1.47. The van der Waals surface area contributed by atoms with Crippen LogP contribution in [0.1, 0.15) is 21.6 Å². The number of halogens is 2. The first-order valence-corrected chi connectivity index (χ1v) is 10.3. The molecule has 34 heavy (non-hydrogen) atoms. The minimum atomic E-state index is -0.514. The molecule has 168 valence electrons. The molecule has 0 fully saturated rings. The predicted octanol–water partition coefficient (Wildman–Crippen LogP) is 4.51. The van der Waals surface area contributed by atoms with Crippen molar-refractivity contribution in [2.24, 2.45) is 7.05 Å². The molecule has 0 saturated heterocycles. The van der Waals surface area contributed by atoms with Crippen LogP contribution in [0.25, 0.3) is 22.3 Å². The lowest BCUT2D eigenvalue weighted by Crippen LogP contribution is -2.06. The molecule has 0 radical (unpaired) electrons. The summed E-state index contributed by atoms with van der Waals surface area (Å²) >= 11 is 0. The summed E-state index contributed by atoms with van der Waals surface area (Å²) in [6, 6.07) is 18.2. The summed E-state index contributed by atoms with van der Waals surface area (Å²) in [5.74, 6) is -0.574. The molecule has 2 aromatic heterocycles. The molecule has 0 amide bonds. The topological polar surface area (TPSA) is 82.8 Å². The Morgan fingerprint density at radius 2 is 1.82 bits per heavy atom. The van der Waals surface area contributed by atoms with Gasteiger partial charge in [-0.15, -0.1) is 10.2 Å². The molecule has 0 atom stereocenters. The van der Waals surface area contributed by atoms with Gasteiger partial charge in [0.25, 0.3) is 0 Å². The number of aryl methyl sites for hydroxylation is 1. The van der Waals surface area contributed by atoms with Crippen LogP contribution in [-0.4, -0.2) is 31.0 Å². The van der Waals surface area contributed by atoms with Crippen LogP contribution in [0.3, 0.4) is 0 Å². The molecule has 0 unspecified atom stereocenters. The van der Waals surface area contributed by atoms with Gasteiger partial charge in [-0.2, -0.15) is 4.80 Å². The maximum absolute atomic E-state index is 13.7. The van der Waals surface area contributed by atoms with E-state index in [0.717, 1.165) is 0 Å². The van der Waals surface area contributed by atoms with Gasteiger partial charge in [0.2, 0.25) is 5.82 Å². The van der Waals surface area contributed by atoms with Crippen molar-refractivity contribution in [3.05, 3.63) is 101 Å². The molecule has 5 aromatic rings. The van der Waals surface area contributed by atoms with E-state index >= 15 is 0 Å². The zero-order valence-electron chi connectivity index (χ0n) is 17.9. The number of carbonyl (C=O) groups excluding carboxylic acids is 1. The lowest BCUT2D eigenvalue weighted by Gasteiger charge is -2.11. The number of fused-ring (bicyclic) bond motifs is 1. The fraction of sp³-hybridized carbons (Fsp3) is 0.0800. The monoisotopic (exact) mass is 457 g/mol. The molecule has 9 heteroatoms. The summed E-state index contributed by atoms with van der Waals surface area (Å²) in [4.78, 5) is 19.0. The predicted molar refractivity (Wildman–Crippen MR) is 120 cm³/mol. The summed E-state index contributed by atoms with van der Waals surface area (Å²) < 4.78 is 33.0. The number of benzene rings is 3. The van der Waals surface area contributed by atoms with Crippen molar-refractivity contribution in [2.75, 3.05) is 0 Å². The second-order valence-corrected chi connectivity index (χ2v) is 7.58. The molecular weight excluding hydrogens is 440 g/mol. The average molecular weight is 457 g/mol. The van der Waals surface area contributed by atoms with Crippen LogP contribution in [0.2, 0.25) is 0 Å². The van der Waals surface area contributed by atoms with Crippen molar-refractivity contribution in [3.63, 3.8) is 0 Å². The third-order valence-corrected chi connectivity index (χ3v) is 5.17. The van der Waals surface area contributed by atoms with E-state index in [1.54, 1.807) is 43.4 Å². The number of aromatic nitrogens is 5. The lowest BCUT2D eigenvalue weighted by atomic mass is 9.97. The Hall–Kier alpha value is -4.53. The van der Waals surface area contributed by atoms with Crippen LogP contribution in [0.5, 0.6) is 5.75 Å². The molecule has 0 aliphatic carbocycles. The Labute approximate surface area is 192 Å². The van der Waals surface area contributed by atoms with E-state index < -0.39 is 11.6 Å². The zero-order chi connectivity index (χ0) is 23.7. The molecule has 2 heterocycles. The molecule has 0 N–H and O–H groups in total. The summed E-state index contributed by atoms with van der Waals surface area (Å²) in [5.41, 5.74) is 2.16. The van der Waals surface area contributed by atoms with Crippen LogP contribution in [-0.2, 0) is 13.7 Å². The van der Waals surface area contributed by atoms with Crippen molar-refractivity contribution in [3.8, 4) is 17.1 Å². The van der Waals surface area contributed by atoms with E-state index in [2.05, 4.69) is 20.4 Å². The van der Waals surface area contributed by atoms with Gasteiger partial charge in [-0.05, 0) is 59.8 Å². The van der Waals surface area contributed by atoms with E-state index in [9.17, 15) is 13.6 Å². The highest BCUT2D eigenvalue weighted by molar-refractivity contribution is 6.12. The minimum absolute atomic E-state index is 0.129. The second-order valence-electron chi connectivity index (χ2n) is 7.58. The van der Waals surface area contributed by atoms with Gasteiger partial charge in [0.05, 0.1) is 18.3 Å². The molecule has 0 bridgehead atoms. The highest BCUT2D eigenvalue weighted by Crippen LogP contribution is 2.28. The third kappa shape index (κ3) is 4.36. The third-order valence-electron chi connectivity index (χ3n) is 5.17. The van der Waals surface area contributed by atoms with Gasteiger partial charge in [0.15, 0.2) is 5.78 Å². The number of carbonyl (C=O) groups is 1. The fourth-order valence-electron chi connectivity index (χ4n) is 3.55. The first-order valence-electron chi connectivity index (χ1n) is 10.3. The molecule has 0 saturated carbocycles. The smallest absolute Gasteiger partial charge is 0.205 e. The summed E-state index contributed by atoms with van der Waals surface area (Å²) in [5, 5.41) is 12.7. The van der Waals surface area contributed by atoms with E-state index in [4.69, 9.17) is 4.74 Å². The van der Waals surface area contributed by atoms with Gasteiger partial charge in [0, 0.05) is 22.1 Å². The Morgan fingerprint density at radius 1 is 0.971 bits per heavy atom. The maximum Gasteiger partial charge on any atom is 0.205 e. The number of hydrogen-bond donors (Lipinski definition) is 0. The van der Waals surface area contributed by atoms with E-state index in [1.807, 2.05) is 0 Å². The quantitative estimate of drug-likeness (QED) is 0.349. The number of nitrogens with zero attached hydrogens (tertiary/aromatic N) is 5. The average Bonchev–Trinajstić information content (AvgIpc) is 3.28. The number of rotatable bonds is 6. The molecule has 3 aromatic carbocycles. The van der Waals surface area contributed by atoms with Crippen LogP contribution in [0, 0.1) is 11.6 Å².